The quantitative estimate of drug-likeness (QED) is 0.484. The highest BCUT2D eigenvalue weighted by Gasteiger charge is 2.12. The molecule has 0 bridgehead atoms. The van der Waals surface area contributed by atoms with Gasteiger partial charge in [0.15, 0.2) is 6.61 Å². The van der Waals surface area contributed by atoms with E-state index in [2.05, 4.69) is 16.0 Å². The van der Waals surface area contributed by atoms with Gasteiger partial charge in [-0.25, -0.2) is 0 Å². The number of para-hydroxylation sites is 1. The molecule has 0 aromatic heterocycles. The fourth-order valence-electron chi connectivity index (χ4n) is 2.95. The number of rotatable bonds is 9. The first-order chi connectivity index (χ1) is 15.5. The van der Waals surface area contributed by atoms with Gasteiger partial charge < -0.3 is 20.7 Å². The lowest BCUT2D eigenvalue weighted by molar-refractivity contribution is -0.127. The second kappa shape index (κ2) is 11.3. The maximum atomic E-state index is 12.3. The predicted octanol–water partition coefficient (Wildman–Crippen LogP) is 3.31. The molecule has 3 aromatic carbocycles. The van der Waals surface area contributed by atoms with Gasteiger partial charge in [0.25, 0.3) is 11.8 Å². The topological polar surface area (TPSA) is 96.5 Å². The first kappa shape index (κ1) is 22.6. The predicted molar refractivity (Wildman–Crippen MR) is 122 cm³/mol. The van der Waals surface area contributed by atoms with E-state index in [0.29, 0.717) is 17.0 Å². The van der Waals surface area contributed by atoms with Gasteiger partial charge in [-0.15, -0.1) is 0 Å². The van der Waals surface area contributed by atoms with Crippen LogP contribution in [0.2, 0.25) is 0 Å². The van der Waals surface area contributed by atoms with E-state index >= 15 is 0 Å². The highest BCUT2D eigenvalue weighted by molar-refractivity contribution is 6.04. The third-order valence-electron chi connectivity index (χ3n) is 4.62. The van der Waals surface area contributed by atoms with Crippen LogP contribution in [0, 0.1) is 0 Å². The number of ether oxygens (including phenoxy) is 1. The highest BCUT2D eigenvalue weighted by atomic mass is 16.5. The molecule has 1 unspecified atom stereocenters. The summed E-state index contributed by atoms with van der Waals surface area (Å²) in [5, 5.41) is 8.21. The summed E-state index contributed by atoms with van der Waals surface area (Å²) in [7, 11) is 0. The lowest BCUT2D eigenvalue weighted by Gasteiger charge is -2.16. The van der Waals surface area contributed by atoms with Gasteiger partial charge in [-0.1, -0.05) is 48.5 Å². The Morgan fingerprint density at radius 1 is 0.844 bits per heavy atom. The maximum absolute atomic E-state index is 12.3. The van der Waals surface area contributed by atoms with Gasteiger partial charge in [0.2, 0.25) is 5.91 Å². The van der Waals surface area contributed by atoms with E-state index < -0.39 is 0 Å². The van der Waals surface area contributed by atoms with E-state index in [4.69, 9.17) is 4.74 Å². The highest BCUT2D eigenvalue weighted by Crippen LogP contribution is 2.18. The number of anilines is 1. The molecule has 1 atom stereocenters. The van der Waals surface area contributed by atoms with Gasteiger partial charge in [-0.05, 0) is 48.9 Å². The van der Waals surface area contributed by atoms with Crippen LogP contribution in [0.15, 0.2) is 84.9 Å². The van der Waals surface area contributed by atoms with Crippen molar-refractivity contribution in [1.29, 1.82) is 0 Å². The molecule has 7 heteroatoms. The molecule has 0 fully saturated rings. The molecule has 0 saturated heterocycles. The van der Waals surface area contributed by atoms with Gasteiger partial charge in [-0.2, -0.15) is 0 Å². The van der Waals surface area contributed by atoms with Gasteiger partial charge >= 0.3 is 0 Å². The van der Waals surface area contributed by atoms with Crippen molar-refractivity contribution in [2.45, 2.75) is 13.0 Å². The number of amides is 3. The molecule has 3 N–H and O–H groups in total. The Labute approximate surface area is 186 Å². The van der Waals surface area contributed by atoms with Gasteiger partial charge in [0, 0.05) is 11.3 Å². The van der Waals surface area contributed by atoms with E-state index in [1.807, 2.05) is 37.3 Å². The minimum Gasteiger partial charge on any atom is -0.484 e. The average molecular weight is 431 g/mol. The van der Waals surface area contributed by atoms with Gasteiger partial charge in [-0.3, -0.25) is 14.4 Å². The summed E-state index contributed by atoms with van der Waals surface area (Å²) >= 11 is 0. The standard InChI is InChI=1S/C25H25N3O4/c1-18(27-23(29)16-26-24(30)17-32-22-13-6-3-7-14-22)20-11-8-12-21(15-20)28-25(31)19-9-4-2-5-10-19/h2-15,18H,16-17H2,1H3,(H,26,30)(H,27,29)(H,28,31). The Morgan fingerprint density at radius 3 is 2.25 bits per heavy atom. The smallest absolute Gasteiger partial charge is 0.258 e. The molecule has 0 radical (unpaired) electrons. The zero-order valence-electron chi connectivity index (χ0n) is 17.7. The lowest BCUT2D eigenvalue weighted by Crippen LogP contribution is -2.39. The zero-order chi connectivity index (χ0) is 22.8. The Kier molecular flexibility index (Phi) is 7.97. The molecule has 32 heavy (non-hydrogen) atoms. The molecule has 0 aliphatic heterocycles. The molecule has 7 nitrogen and oxygen atoms in total. The minimum atomic E-state index is -0.387. The van der Waals surface area contributed by atoms with E-state index in [1.165, 1.54) is 0 Å². The summed E-state index contributed by atoms with van der Waals surface area (Å²) in [6, 6.07) is 24.8. The van der Waals surface area contributed by atoms with Crippen LogP contribution in [-0.4, -0.2) is 30.9 Å². The number of nitrogens with one attached hydrogen (secondary N) is 3. The van der Waals surface area contributed by atoms with E-state index in [9.17, 15) is 14.4 Å². The molecule has 164 valence electrons. The summed E-state index contributed by atoms with van der Waals surface area (Å²) in [4.78, 5) is 36.4. The van der Waals surface area contributed by atoms with Crippen molar-refractivity contribution in [3.8, 4) is 5.75 Å². The van der Waals surface area contributed by atoms with Crippen LogP contribution >= 0.6 is 0 Å². The van der Waals surface area contributed by atoms with Crippen molar-refractivity contribution in [1.82, 2.24) is 10.6 Å². The zero-order valence-corrected chi connectivity index (χ0v) is 17.7. The first-order valence-corrected chi connectivity index (χ1v) is 10.2. The van der Waals surface area contributed by atoms with Crippen molar-refractivity contribution in [2.75, 3.05) is 18.5 Å². The number of hydrogen-bond acceptors (Lipinski definition) is 4. The van der Waals surface area contributed by atoms with Crippen LogP contribution in [0.4, 0.5) is 5.69 Å². The van der Waals surface area contributed by atoms with Crippen molar-refractivity contribution >= 4 is 23.4 Å². The summed E-state index contributed by atoms with van der Waals surface area (Å²) in [5.41, 5.74) is 2.01. The first-order valence-electron chi connectivity index (χ1n) is 10.2. The average Bonchev–Trinajstić information content (AvgIpc) is 2.82. The van der Waals surface area contributed by atoms with E-state index in [0.717, 1.165) is 5.56 Å². The maximum Gasteiger partial charge on any atom is 0.258 e. The Bertz CT molecular complexity index is 1060. The van der Waals surface area contributed by atoms with Crippen LogP contribution in [0.1, 0.15) is 28.9 Å². The summed E-state index contributed by atoms with van der Waals surface area (Å²) in [6.07, 6.45) is 0. The van der Waals surface area contributed by atoms with E-state index in [1.54, 1.807) is 54.6 Å². The molecule has 3 rings (SSSR count). The molecule has 0 heterocycles. The van der Waals surface area contributed by atoms with Crippen LogP contribution in [0.3, 0.4) is 0 Å². The Morgan fingerprint density at radius 2 is 1.53 bits per heavy atom. The van der Waals surface area contributed by atoms with Gasteiger partial charge in [0.1, 0.15) is 5.75 Å². The Balaban J connectivity index is 1.46. The summed E-state index contributed by atoms with van der Waals surface area (Å²) in [6.45, 7) is 1.50. The van der Waals surface area contributed by atoms with E-state index in [-0.39, 0.29) is 36.9 Å². The second-order valence-corrected chi connectivity index (χ2v) is 7.11. The largest absolute Gasteiger partial charge is 0.484 e. The molecule has 3 aromatic rings. The molecule has 0 saturated carbocycles. The molecular formula is C25H25N3O4. The molecule has 0 aliphatic carbocycles. The molecule has 0 spiro atoms. The van der Waals surface area contributed by atoms with Crippen molar-refractivity contribution in [2.24, 2.45) is 0 Å². The van der Waals surface area contributed by atoms with Crippen LogP contribution in [0.25, 0.3) is 0 Å². The SMILES string of the molecule is CC(NC(=O)CNC(=O)COc1ccccc1)c1cccc(NC(=O)c2ccccc2)c1. The van der Waals surface area contributed by atoms with Crippen LogP contribution < -0.4 is 20.7 Å². The summed E-state index contributed by atoms with van der Waals surface area (Å²) in [5.74, 6) is -0.341. The molecular weight excluding hydrogens is 406 g/mol. The second-order valence-electron chi connectivity index (χ2n) is 7.11. The molecule has 0 aliphatic rings. The van der Waals surface area contributed by atoms with Crippen molar-refractivity contribution in [3.05, 3.63) is 96.1 Å². The number of carbonyl (C=O) groups excluding carboxylic acids is 3. The lowest BCUT2D eigenvalue weighted by atomic mass is 10.1. The monoisotopic (exact) mass is 431 g/mol. The van der Waals surface area contributed by atoms with Gasteiger partial charge in [0.05, 0.1) is 12.6 Å². The van der Waals surface area contributed by atoms with Crippen LogP contribution in [0.5, 0.6) is 5.75 Å². The third-order valence-corrected chi connectivity index (χ3v) is 4.62. The normalized spacial score (nSPS) is 11.2. The fraction of sp³-hybridized carbons (Fsp3) is 0.160. The Hall–Kier alpha value is -4.13. The third kappa shape index (κ3) is 6.98. The summed E-state index contributed by atoms with van der Waals surface area (Å²) < 4.78 is 5.35. The number of benzene rings is 3. The number of carbonyl (C=O) groups is 3. The number of hydrogen-bond donors (Lipinski definition) is 3. The molecule has 3 amide bonds. The van der Waals surface area contributed by atoms with Crippen molar-refractivity contribution < 1.29 is 19.1 Å². The minimum absolute atomic E-state index is 0.161. The van der Waals surface area contributed by atoms with Crippen LogP contribution in [-0.2, 0) is 9.59 Å². The van der Waals surface area contributed by atoms with Crippen molar-refractivity contribution in [3.63, 3.8) is 0 Å². The fourth-order valence-corrected chi connectivity index (χ4v) is 2.95.